The van der Waals surface area contributed by atoms with Gasteiger partial charge in [-0.25, -0.2) is 4.68 Å². The van der Waals surface area contributed by atoms with Gasteiger partial charge in [0.25, 0.3) is 0 Å². The van der Waals surface area contributed by atoms with Crippen LogP contribution in [-0.4, -0.2) is 27.2 Å². The quantitative estimate of drug-likeness (QED) is 0.655. The fourth-order valence-electron chi connectivity index (χ4n) is 1.87. The van der Waals surface area contributed by atoms with Crippen LogP contribution in [0.3, 0.4) is 0 Å². The number of hydrogen-bond acceptors (Lipinski definition) is 5. The van der Waals surface area contributed by atoms with E-state index in [-0.39, 0.29) is 5.88 Å². The Morgan fingerprint density at radius 2 is 2.05 bits per heavy atom. The molecule has 0 radical (unpaired) electrons. The van der Waals surface area contributed by atoms with Crippen LogP contribution in [0.25, 0.3) is 0 Å². The predicted octanol–water partition coefficient (Wildman–Crippen LogP) is 2.47. The molecular weight excluding hydrogens is 270 g/mol. The molecule has 112 valence electrons. The molecule has 0 saturated carbocycles. The maximum atomic E-state index is 10.0. The highest BCUT2D eigenvalue weighted by atomic mass is 16.6. The number of oxime groups is 1. The van der Waals surface area contributed by atoms with E-state index in [2.05, 4.69) is 10.3 Å². The zero-order valence-electron chi connectivity index (χ0n) is 12.4. The van der Waals surface area contributed by atoms with E-state index < -0.39 is 0 Å². The van der Waals surface area contributed by atoms with E-state index in [1.54, 1.807) is 14.0 Å². The summed E-state index contributed by atoms with van der Waals surface area (Å²) >= 11 is 0. The summed E-state index contributed by atoms with van der Waals surface area (Å²) in [7, 11) is 1.64. The monoisotopic (exact) mass is 289 g/mol. The van der Waals surface area contributed by atoms with Crippen LogP contribution in [-0.2, 0) is 18.5 Å². The SMILES string of the molecule is CCOc1nn(C)c(O)c1/C(C)=N/OCc1ccccc1. The fraction of sp³-hybridized carbons (Fsp3) is 0.333. The molecule has 0 amide bonds. The predicted molar refractivity (Wildman–Crippen MR) is 79.5 cm³/mol. The Kier molecular flexibility index (Phi) is 4.81. The van der Waals surface area contributed by atoms with Crippen LogP contribution in [0, 0.1) is 0 Å². The zero-order chi connectivity index (χ0) is 15.2. The van der Waals surface area contributed by atoms with Gasteiger partial charge >= 0.3 is 0 Å². The lowest BCUT2D eigenvalue weighted by atomic mass is 10.2. The van der Waals surface area contributed by atoms with Crippen LogP contribution in [0.15, 0.2) is 35.5 Å². The van der Waals surface area contributed by atoms with E-state index in [4.69, 9.17) is 9.57 Å². The lowest BCUT2D eigenvalue weighted by molar-refractivity contribution is 0.130. The minimum Gasteiger partial charge on any atom is -0.493 e. The second kappa shape index (κ2) is 6.78. The second-order valence-electron chi connectivity index (χ2n) is 4.50. The Hall–Kier alpha value is -2.50. The van der Waals surface area contributed by atoms with Crippen molar-refractivity contribution in [1.82, 2.24) is 9.78 Å². The van der Waals surface area contributed by atoms with Crippen molar-refractivity contribution in [2.24, 2.45) is 12.2 Å². The van der Waals surface area contributed by atoms with Crippen LogP contribution >= 0.6 is 0 Å². The van der Waals surface area contributed by atoms with Gasteiger partial charge in [-0.2, -0.15) is 0 Å². The van der Waals surface area contributed by atoms with Crippen molar-refractivity contribution >= 4 is 5.71 Å². The van der Waals surface area contributed by atoms with E-state index >= 15 is 0 Å². The van der Waals surface area contributed by atoms with Crippen LogP contribution in [0.2, 0.25) is 0 Å². The van der Waals surface area contributed by atoms with Crippen molar-refractivity contribution in [2.75, 3.05) is 6.61 Å². The molecule has 6 nitrogen and oxygen atoms in total. The van der Waals surface area contributed by atoms with Gasteiger partial charge < -0.3 is 14.7 Å². The Balaban J connectivity index is 2.12. The first-order valence-electron chi connectivity index (χ1n) is 6.73. The number of nitrogens with zero attached hydrogens (tertiary/aromatic N) is 3. The number of aryl methyl sites for hydroxylation is 1. The Morgan fingerprint density at radius 3 is 2.71 bits per heavy atom. The normalized spacial score (nSPS) is 11.5. The molecule has 0 atom stereocenters. The van der Waals surface area contributed by atoms with Gasteiger partial charge in [-0.05, 0) is 19.4 Å². The first kappa shape index (κ1) is 14.9. The smallest absolute Gasteiger partial charge is 0.246 e. The highest BCUT2D eigenvalue weighted by Gasteiger charge is 2.19. The number of aromatic hydroxyl groups is 1. The van der Waals surface area contributed by atoms with Crippen molar-refractivity contribution in [3.63, 3.8) is 0 Å². The Labute approximate surface area is 123 Å². The third-order valence-corrected chi connectivity index (χ3v) is 2.90. The number of benzene rings is 1. The van der Waals surface area contributed by atoms with E-state index in [1.165, 1.54) is 4.68 Å². The molecule has 0 unspecified atom stereocenters. The number of hydrogen-bond donors (Lipinski definition) is 1. The molecule has 21 heavy (non-hydrogen) atoms. The summed E-state index contributed by atoms with van der Waals surface area (Å²) in [5, 5.41) is 18.1. The van der Waals surface area contributed by atoms with Gasteiger partial charge in [-0.1, -0.05) is 35.5 Å². The topological polar surface area (TPSA) is 68.9 Å². The minimum atomic E-state index is 0.00279. The van der Waals surface area contributed by atoms with Gasteiger partial charge in [0, 0.05) is 7.05 Å². The molecule has 2 aromatic rings. The highest BCUT2D eigenvalue weighted by molar-refractivity contribution is 6.02. The van der Waals surface area contributed by atoms with Crippen LogP contribution in [0.5, 0.6) is 11.8 Å². The minimum absolute atomic E-state index is 0.00279. The van der Waals surface area contributed by atoms with Crippen molar-refractivity contribution in [3.05, 3.63) is 41.5 Å². The zero-order valence-corrected chi connectivity index (χ0v) is 12.4. The van der Waals surface area contributed by atoms with E-state index in [9.17, 15) is 5.11 Å². The summed E-state index contributed by atoms with van der Waals surface area (Å²) < 4.78 is 6.74. The summed E-state index contributed by atoms with van der Waals surface area (Å²) in [6, 6.07) is 9.74. The molecule has 6 heteroatoms. The largest absolute Gasteiger partial charge is 0.493 e. The van der Waals surface area contributed by atoms with Gasteiger partial charge in [0.05, 0.1) is 12.3 Å². The highest BCUT2D eigenvalue weighted by Crippen LogP contribution is 2.27. The average Bonchev–Trinajstić information content (AvgIpc) is 2.75. The molecule has 1 heterocycles. The Morgan fingerprint density at radius 1 is 1.33 bits per heavy atom. The van der Waals surface area contributed by atoms with Gasteiger partial charge in [0.15, 0.2) is 0 Å². The molecular formula is C15H19N3O3. The first-order chi connectivity index (χ1) is 10.1. The van der Waals surface area contributed by atoms with Crippen molar-refractivity contribution in [3.8, 4) is 11.8 Å². The molecule has 0 aliphatic heterocycles. The van der Waals surface area contributed by atoms with Gasteiger partial charge in [0.1, 0.15) is 12.2 Å². The van der Waals surface area contributed by atoms with E-state index in [0.29, 0.717) is 30.4 Å². The number of aromatic nitrogens is 2. The molecule has 0 aliphatic carbocycles. The maximum absolute atomic E-state index is 10.0. The molecule has 0 fully saturated rings. The summed E-state index contributed by atoms with van der Waals surface area (Å²) in [5.74, 6) is 0.352. The van der Waals surface area contributed by atoms with Crippen LogP contribution in [0.4, 0.5) is 0 Å². The second-order valence-corrected chi connectivity index (χ2v) is 4.50. The van der Waals surface area contributed by atoms with Crippen molar-refractivity contribution < 1.29 is 14.7 Å². The fourth-order valence-corrected chi connectivity index (χ4v) is 1.87. The average molecular weight is 289 g/mol. The van der Waals surface area contributed by atoms with Crippen molar-refractivity contribution in [1.29, 1.82) is 0 Å². The molecule has 0 saturated heterocycles. The van der Waals surface area contributed by atoms with Crippen LogP contribution < -0.4 is 4.74 Å². The lowest BCUT2D eigenvalue weighted by Gasteiger charge is -2.04. The van der Waals surface area contributed by atoms with E-state index in [0.717, 1.165) is 5.56 Å². The lowest BCUT2D eigenvalue weighted by Crippen LogP contribution is -2.01. The molecule has 1 aromatic heterocycles. The summed E-state index contributed by atoms with van der Waals surface area (Å²) in [6.07, 6.45) is 0. The summed E-state index contributed by atoms with van der Waals surface area (Å²) in [6.45, 7) is 4.42. The third kappa shape index (κ3) is 3.53. The molecule has 2 rings (SSSR count). The molecule has 0 aliphatic rings. The maximum Gasteiger partial charge on any atom is 0.246 e. The van der Waals surface area contributed by atoms with Crippen LogP contribution in [0.1, 0.15) is 25.0 Å². The van der Waals surface area contributed by atoms with E-state index in [1.807, 2.05) is 37.3 Å². The number of rotatable bonds is 6. The first-order valence-corrected chi connectivity index (χ1v) is 6.73. The Bertz CT molecular complexity index is 621. The molecule has 1 aromatic carbocycles. The van der Waals surface area contributed by atoms with Gasteiger partial charge in [-0.3, -0.25) is 0 Å². The van der Waals surface area contributed by atoms with Gasteiger partial charge in [-0.15, -0.1) is 5.10 Å². The summed E-state index contributed by atoms with van der Waals surface area (Å²) in [4.78, 5) is 5.32. The molecule has 1 N–H and O–H groups in total. The van der Waals surface area contributed by atoms with Gasteiger partial charge in [0.2, 0.25) is 11.8 Å². The standard InChI is InChI=1S/C15H19N3O3/c1-4-20-14-13(15(19)18(3)16-14)11(2)17-21-10-12-8-6-5-7-9-12/h5-9,19H,4,10H2,1-3H3/b17-11+. The molecule has 0 bridgehead atoms. The summed E-state index contributed by atoms with van der Waals surface area (Å²) in [5.41, 5.74) is 1.99. The van der Waals surface area contributed by atoms with Crippen molar-refractivity contribution in [2.45, 2.75) is 20.5 Å². The third-order valence-electron chi connectivity index (χ3n) is 2.90. The number of ether oxygens (including phenoxy) is 1. The molecule has 0 spiro atoms.